The standard InChI is InChI=1S/C28H29ClN2O6/c1-5-37-23-11-10-17(12-26(23)36-4)22(31-16-18-8-6-7-9-19(18)28(31)33)14-27(32)30-21-13-20(29)24(34-2)15-25(21)35-3/h6-13,15,22H,5,14,16H2,1-4H3,(H,30,32). The number of anilines is 1. The highest BCUT2D eigenvalue weighted by Gasteiger charge is 2.35. The van der Waals surface area contributed by atoms with Crippen molar-refractivity contribution >= 4 is 29.1 Å². The van der Waals surface area contributed by atoms with Gasteiger partial charge >= 0.3 is 0 Å². The summed E-state index contributed by atoms with van der Waals surface area (Å²) in [5.74, 6) is 1.49. The van der Waals surface area contributed by atoms with Crippen molar-refractivity contribution in [1.82, 2.24) is 4.90 Å². The van der Waals surface area contributed by atoms with E-state index in [1.165, 1.54) is 14.2 Å². The molecule has 3 aromatic rings. The molecule has 4 rings (SSSR count). The van der Waals surface area contributed by atoms with E-state index in [0.29, 0.717) is 52.4 Å². The number of rotatable bonds is 10. The Morgan fingerprint density at radius 1 is 0.973 bits per heavy atom. The lowest BCUT2D eigenvalue weighted by Gasteiger charge is -2.28. The van der Waals surface area contributed by atoms with Crippen LogP contribution in [0, 0.1) is 0 Å². The molecule has 0 saturated carbocycles. The number of ether oxygens (including phenoxy) is 4. The number of fused-ring (bicyclic) bond motifs is 1. The molecule has 2 amide bonds. The summed E-state index contributed by atoms with van der Waals surface area (Å²) < 4.78 is 21.8. The van der Waals surface area contributed by atoms with Gasteiger partial charge in [-0.05, 0) is 42.3 Å². The zero-order chi connectivity index (χ0) is 26.5. The average Bonchev–Trinajstić information content (AvgIpc) is 3.24. The Bertz CT molecular complexity index is 1310. The number of carbonyl (C=O) groups excluding carboxylic acids is 2. The second kappa shape index (κ2) is 11.4. The summed E-state index contributed by atoms with van der Waals surface area (Å²) in [7, 11) is 4.55. The van der Waals surface area contributed by atoms with E-state index in [1.54, 1.807) is 36.3 Å². The third-order valence-corrected chi connectivity index (χ3v) is 6.52. The van der Waals surface area contributed by atoms with Crippen LogP contribution in [0.15, 0.2) is 54.6 Å². The zero-order valence-corrected chi connectivity index (χ0v) is 21.9. The van der Waals surface area contributed by atoms with Gasteiger partial charge in [0.1, 0.15) is 11.5 Å². The van der Waals surface area contributed by atoms with Gasteiger partial charge in [-0.25, -0.2) is 0 Å². The fraction of sp³-hybridized carbons (Fsp3) is 0.286. The summed E-state index contributed by atoms with van der Waals surface area (Å²) in [6.07, 6.45) is -0.0103. The highest BCUT2D eigenvalue weighted by atomic mass is 35.5. The summed E-state index contributed by atoms with van der Waals surface area (Å²) in [6.45, 7) is 2.76. The zero-order valence-electron chi connectivity index (χ0n) is 21.2. The minimum Gasteiger partial charge on any atom is -0.495 e. The number of nitrogens with zero attached hydrogens (tertiary/aromatic N) is 1. The van der Waals surface area contributed by atoms with Gasteiger partial charge in [0.15, 0.2) is 11.5 Å². The van der Waals surface area contributed by atoms with Crippen molar-refractivity contribution in [3.05, 3.63) is 76.3 Å². The molecule has 0 spiro atoms. The van der Waals surface area contributed by atoms with Crippen molar-refractivity contribution in [2.24, 2.45) is 0 Å². The molecule has 1 N–H and O–H groups in total. The number of carbonyl (C=O) groups is 2. The Morgan fingerprint density at radius 2 is 1.70 bits per heavy atom. The number of amides is 2. The molecule has 1 aliphatic rings. The van der Waals surface area contributed by atoms with Gasteiger partial charge in [0.25, 0.3) is 5.91 Å². The van der Waals surface area contributed by atoms with E-state index in [1.807, 2.05) is 37.3 Å². The van der Waals surface area contributed by atoms with E-state index in [4.69, 9.17) is 30.5 Å². The fourth-order valence-corrected chi connectivity index (χ4v) is 4.68. The number of hydrogen-bond acceptors (Lipinski definition) is 6. The predicted molar refractivity (Wildman–Crippen MR) is 141 cm³/mol. The van der Waals surface area contributed by atoms with Gasteiger partial charge in [-0.15, -0.1) is 0 Å². The second-order valence-electron chi connectivity index (χ2n) is 8.39. The Balaban J connectivity index is 1.67. The minimum atomic E-state index is -0.566. The maximum atomic E-state index is 13.4. The minimum absolute atomic E-state index is 0.0103. The number of hydrogen-bond donors (Lipinski definition) is 1. The van der Waals surface area contributed by atoms with Crippen LogP contribution in [0.1, 0.15) is 40.9 Å². The quantitative estimate of drug-likeness (QED) is 0.377. The van der Waals surface area contributed by atoms with Crippen molar-refractivity contribution in [1.29, 1.82) is 0 Å². The van der Waals surface area contributed by atoms with E-state index in [-0.39, 0.29) is 18.2 Å². The normalized spacial score (nSPS) is 13.1. The second-order valence-corrected chi connectivity index (χ2v) is 8.80. The van der Waals surface area contributed by atoms with Crippen molar-refractivity contribution in [2.75, 3.05) is 33.3 Å². The molecule has 1 aliphatic heterocycles. The van der Waals surface area contributed by atoms with Crippen LogP contribution in [0.5, 0.6) is 23.0 Å². The monoisotopic (exact) mass is 524 g/mol. The van der Waals surface area contributed by atoms with Crippen molar-refractivity contribution in [3.8, 4) is 23.0 Å². The largest absolute Gasteiger partial charge is 0.495 e. The number of benzene rings is 3. The number of nitrogens with one attached hydrogen (secondary N) is 1. The summed E-state index contributed by atoms with van der Waals surface area (Å²) in [5.41, 5.74) is 2.70. The number of halogens is 1. The molecule has 1 unspecified atom stereocenters. The van der Waals surface area contributed by atoms with Gasteiger partial charge in [-0.1, -0.05) is 35.9 Å². The molecular formula is C28H29ClN2O6. The predicted octanol–water partition coefficient (Wildman–Crippen LogP) is 5.49. The van der Waals surface area contributed by atoms with E-state index < -0.39 is 6.04 Å². The van der Waals surface area contributed by atoms with Crippen LogP contribution in [0.2, 0.25) is 5.02 Å². The molecule has 0 aromatic heterocycles. The third-order valence-electron chi connectivity index (χ3n) is 6.22. The third kappa shape index (κ3) is 5.44. The molecular weight excluding hydrogens is 496 g/mol. The first-order valence-electron chi connectivity index (χ1n) is 11.8. The van der Waals surface area contributed by atoms with Gasteiger partial charge in [0.2, 0.25) is 5.91 Å². The molecule has 0 saturated heterocycles. The topological polar surface area (TPSA) is 86.3 Å². The average molecular weight is 525 g/mol. The van der Waals surface area contributed by atoms with Gasteiger partial charge < -0.3 is 29.2 Å². The lowest BCUT2D eigenvalue weighted by atomic mass is 10.0. The van der Waals surface area contributed by atoms with E-state index in [0.717, 1.165) is 11.1 Å². The lowest BCUT2D eigenvalue weighted by molar-refractivity contribution is -0.117. The maximum absolute atomic E-state index is 13.4. The Morgan fingerprint density at radius 3 is 2.38 bits per heavy atom. The molecule has 3 aromatic carbocycles. The van der Waals surface area contributed by atoms with E-state index in [2.05, 4.69) is 5.32 Å². The van der Waals surface area contributed by atoms with E-state index in [9.17, 15) is 9.59 Å². The summed E-state index contributed by atoms with van der Waals surface area (Å²) in [4.78, 5) is 28.4. The van der Waals surface area contributed by atoms with Crippen molar-refractivity contribution < 1.29 is 28.5 Å². The summed E-state index contributed by atoms with van der Waals surface area (Å²) >= 11 is 6.28. The Kier molecular flexibility index (Phi) is 8.08. The highest BCUT2D eigenvalue weighted by molar-refractivity contribution is 6.32. The molecule has 1 heterocycles. The molecule has 0 aliphatic carbocycles. The molecule has 1 atom stereocenters. The maximum Gasteiger partial charge on any atom is 0.255 e. The Hall–Kier alpha value is -3.91. The van der Waals surface area contributed by atoms with Gasteiger partial charge in [-0.3, -0.25) is 9.59 Å². The smallest absolute Gasteiger partial charge is 0.255 e. The van der Waals surface area contributed by atoms with E-state index >= 15 is 0 Å². The van der Waals surface area contributed by atoms with Crippen molar-refractivity contribution in [3.63, 3.8) is 0 Å². The van der Waals surface area contributed by atoms with Gasteiger partial charge in [0, 0.05) is 18.2 Å². The van der Waals surface area contributed by atoms with Crippen LogP contribution in [-0.2, 0) is 11.3 Å². The van der Waals surface area contributed by atoms with Crippen molar-refractivity contribution in [2.45, 2.75) is 25.9 Å². The first-order chi connectivity index (χ1) is 17.9. The molecule has 0 radical (unpaired) electrons. The van der Waals surface area contributed by atoms with Crippen LogP contribution in [-0.4, -0.2) is 44.7 Å². The molecule has 0 bridgehead atoms. The fourth-order valence-electron chi connectivity index (χ4n) is 4.44. The van der Waals surface area contributed by atoms with Gasteiger partial charge in [-0.2, -0.15) is 0 Å². The van der Waals surface area contributed by atoms with Crippen LogP contribution in [0.4, 0.5) is 5.69 Å². The molecule has 194 valence electrons. The molecule has 0 fully saturated rings. The summed E-state index contributed by atoms with van der Waals surface area (Å²) in [6, 6.07) is 15.5. The first-order valence-corrected chi connectivity index (χ1v) is 12.2. The lowest BCUT2D eigenvalue weighted by Crippen LogP contribution is -2.32. The van der Waals surface area contributed by atoms with Crippen LogP contribution in [0.25, 0.3) is 0 Å². The Labute approximate surface area is 221 Å². The molecule has 8 nitrogen and oxygen atoms in total. The van der Waals surface area contributed by atoms with Crippen LogP contribution >= 0.6 is 11.6 Å². The SMILES string of the molecule is CCOc1ccc(C(CC(=O)Nc2cc(Cl)c(OC)cc2OC)N2Cc3ccccc3C2=O)cc1OC. The van der Waals surface area contributed by atoms with Gasteiger partial charge in [0.05, 0.1) is 51.1 Å². The van der Waals surface area contributed by atoms with Crippen LogP contribution < -0.4 is 24.3 Å². The first kappa shape index (κ1) is 26.2. The summed E-state index contributed by atoms with van der Waals surface area (Å²) in [5, 5.41) is 3.21. The highest BCUT2D eigenvalue weighted by Crippen LogP contribution is 2.39. The van der Waals surface area contributed by atoms with Crippen LogP contribution in [0.3, 0.4) is 0 Å². The molecule has 9 heteroatoms. The number of methoxy groups -OCH3 is 3. The molecule has 37 heavy (non-hydrogen) atoms.